The standard InChI is InChI=1S/C36H31NO2/c1-2-3-24-37(25-12-22-35(38)31-18-8-4-14-27(31)28-15-5-9-19-32(28)35)26-13-23-36(39)33-20-10-6-16-29(33)30-17-7-11-21-34(30)36/h4-11,14-21,38-39H,2-3,24-26H2,1H3. The van der Waals surface area contributed by atoms with Crippen LogP contribution >= 0.6 is 0 Å². The number of aliphatic hydroxyl groups is 2. The lowest BCUT2D eigenvalue weighted by atomic mass is 9.92. The summed E-state index contributed by atoms with van der Waals surface area (Å²) in [5.41, 5.74) is 4.79. The summed E-state index contributed by atoms with van der Waals surface area (Å²) in [6, 6.07) is 31.8. The zero-order valence-corrected chi connectivity index (χ0v) is 22.1. The van der Waals surface area contributed by atoms with E-state index < -0.39 is 11.2 Å². The normalized spacial score (nSPS) is 14.8. The van der Waals surface area contributed by atoms with Gasteiger partial charge in [0.15, 0.2) is 11.2 Å². The van der Waals surface area contributed by atoms with Crippen LogP contribution in [0, 0.1) is 23.7 Å². The Balaban J connectivity index is 1.26. The van der Waals surface area contributed by atoms with Crippen LogP contribution in [-0.2, 0) is 11.2 Å². The second-order valence-corrected chi connectivity index (χ2v) is 10.3. The SMILES string of the molecule is CCCCN(CC#CC1(O)c2ccccc2-c2ccccc21)CC#CC1(O)c2ccccc2-c2ccccc21. The molecule has 4 aromatic rings. The van der Waals surface area contributed by atoms with E-state index in [-0.39, 0.29) is 0 Å². The molecule has 39 heavy (non-hydrogen) atoms. The van der Waals surface area contributed by atoms with Crippen molar-refractivity contribution in [2.45, 2.75) is 31.0 Å². The lowest BCUT2D eigenvalue weighted by Crippen LogP contribution is -2.28. The van der Waals surface area contributed by atoms with Crippen LogP contribution in [0.5, 0.6) is 0 Å². The maximum Gasteiger partial charge on any atom is 0.178 e. The minimum absolute atomic E-state index is 0.479. The van der Waals surface area contributed by atoms with E-state index in [1.54, 1.807) is 0 Å². The van der Waals surface area contributed by atoms with Crippen molar-refractivity contribution in [3.05, 3.63) is 119 Å². The van der Waals surface area contributed by atoms with Crippen LogP contribution in [0.15, 0.2) is 97.1 Å². The third-order valence-corrected chi connectivity index (χ3v) is 7.82. The lowest BCUT2D eigenvalue weighted by molar-refractivity contribution is 0.150. The van der Waals surface area contributed by atoms with Gasteiger partial charge in [-0.15, -0.1) is 0 Å². The topological polar surface area (TPSA) is 43.7 Å². The molecule has 0 bridgehead atoms. The molecule has 2 N–H and O–H groups in total. The molecule has 0 spiro atoms. The van der Waals surface area contributed by atoms with Crippen LogP contribution < -0.4 is 0 Å². The summed E-state index contributed by atoms with van der Waals surface area (Å²) in [6.45, 7) is 3.97. The predicted octanol–water partition coefficient (Wildman–Crippen LogP) is 5.93. The van der Waals surface area contributed by atoms with Gasteiger partial charge in [-0.25, -0.2) is 0 Å². The molecule has 0 atom stereocenters. The molecule has 2 aliphatic rings. The van der Waals surface area contributed by atoms with Gasteiger partial charge in [0, 0.05) is 28.8 Å². The number of nitrogens with zero attached hydrogens (tertiary/aromatic N) is 1. The van der Waals surface area contributed by atoms with Gasteiger partial charge in [-0.2, -0.15) is 0 Å². The van der Waals surface area contributed by atoms with Gasteiger partial charge in [-0.3, -0.25) is 4.90 Å². The highest BCUT2D eigenvalue weighted by atomic mass is 16.3. The number of hydrogen-bond acceptors (Lipinski definition) is 3. The molecule has 0 unspecified atom stereocenters. The Hall–Kier alpha value is -4.12. The van der Waals surface area contributed by atoms with E-state index in [2.05, 4.69) is 35.5 Å². The minimum atomic E-state index is -1.33. The van der Waals surface area contributed by atoms with Crippen molar-refractivity contribution in [1.29, 1.82) is 0 Å². The van der Waals surface area contributed by atoms with Crippen LogP contribution in [0.25, 0.3) is 22.3 Å². The first-order valence-corrected chi connectivity index (χ1v) is 13.6. The quantitative estimate of drug-likeness (QED) is 0.328. The number of benzene rings is 4. The van der Waals surface area contributed by atoms with Crippen LogP contribution in [-0.4, -0.2) is 34.7 Å². The monoisotopic (exact) mass is 509 g/mol. The summed E-state index contributed by atoms with van der Waals surface area (Å²) in [5, 5.41) is 23.5. The first kappa shape index (κ1) is 25.2. The van der Waals surface area contributed by atoms with Crippen molar-refractivity contribution in [3.8, 4) is 45.9 Å². The van der Waals surface area contributed by atoms with Crippen molar-refractivity contribution in [1.82, 2.24) is 4.90 Å². The van der Waals surface area contributed by atoms with Gasteiger partial charge in [0.1, 0.15) is 0 Å². The second kappa shape index (κ2) is 10.2. The second-order valence-electron chi connectivity index (χ2n) is 10.3. The van der Waals surface area contributed by atoms with Crippen molar-refractivity contribution < 1.29 is 10.2 Å². The van der Waals surface area contributed by atoms with E-state index in [4.69, 9.17) is 0 Å². The predicted molar refractivity (Wildman–Crippen MR) is 157 cm³/mol. The van der Waals surface area contributed by atoms with Crippen LogP contribution in [0.1, 0.15) is 42.0 Å². The van der Waals surface area contributed by atoms with Crippen molar-refractivity contribution in [2.75, 3.05) is 19.6 Å². The van der Waals surface area contributed by atoms with E-state index in [1.165, 1.54) is 0 Å². The first-order chi connectivity index (χ1) is 19.1. The average Bonchev–Trinajstić information content (AvgIpc) is 3.38. The fourth-order valence-electron chi connectivity index (χ4n) is 5.85. The Kier molecular flexibility index (Phi) is 6.59. The molecule has 0 aromatic heterocycles. The van der Waals surface area contributed by atoms with Crippen molar-refractivity contribution in [3.63, 3.8) is 0 Å². The van der Waals surface area contributed by atoms with Crippen molar-refractivity contribution >= 4 is 0 Å². The molecular formula is C36H31NO2. The summed E-state index contributed by atoms with van der Waals surface area (Å²) >= 11 is 0. The van der Waals surface area contributed by atoms with Crippen LogP contribution in [0.3, 0.4) is 0 Å². The number of hydrogen-bond donors (Lipinski definition) is 2. The fraction of sp³-hybridized carbons (Fsp3) is 0.222. The Morgan fingerprint density at radius 3 is 1.23 bits per heavy atom. The Morgan fingerprint density at radius 2 is 0.897 bits per heavy atom. The first-order valence-electron chi connectivity index (χ1n) is 13.6. The zero-order chi connectivity index (χ0) is 26.9. The van der Waals surface area contributed by atoms with E-state index in [1.807, 2.05) is 97.1 Å². The van der Waals surface area contributed by atoms with Crippen LogP contribution in [0.2, 0.25) is 0 Å². The molecule has 4 aromatic carbocycles. The Labute approximate surface area is 230 Å². The maximum atomic E-state index is 11.8. The highest BCUT2D eigenvalue weighted by Crippen LogP contribution is 2.48. The molecule has 6 rings (SSSR count). The molecule has 0 aliphatic heterocycles. The van der Waals surface area contributed by atoms with Crippen LogP contribution in [0.4, 0.5) is 0 Å². The third-order valence-electron chi connectivity index (χ3n) is 7.82. The van der Waals surface area contributed by atoms with Gasteiger partial charge in [0.05, 0.1) is 13.1 Å². The van der Waals surface area contributed by atoms with E-state index in [9.17, 15) is 10.2 Å². The molecular weight excluding hydrogens is 478 g/mol. The summed E-state index contributed by atoms with van der Waals surface area (Å²) in [5.74, 6) is 13.0. The minimum Gasteiger partial charge on any atom is -0.369 e. The third kappa shape index (κ3) is 4.26. The fourth-order valence-corrected chi connectivity index (χ4v) is 5.85. The molecule has 0 amide bonds. The van der Waals surface area contributed by atoms with Gasteiger partial charge in [-0.05, 0) is 28.7 Å². The molecule has 3 heteroatoms. The highest BCUT2D eigenvalue weighted by molar-refractivity contribution is 5.83. The molecule has 192 valence electrons. The largest absolute Gasteiger partial charge is 0.369 e. The van der Waals surface area contributed by atoms with Crippen molar-refractivity contribution in [2.24, 2.45) is 0 Å². The van der Waals surface area contributed by atoms with E-state index >= 15 is 0 Å². The smallest absolute Gasteiger partial charge is 0.178 e. The summed E-state index contributed by atoms with van der Waals surface area (Å²) in [7, 11) is 0. The molecule has 0 saturated heterocycles. The number of fused-ring (bicyclic) bond motifs is 6. The van der Waals surface area contributed by atoms with Gasteiger partial charge in [0.25, 0.3) is 0 Å². The van der Waals surface area contributed by atoms with Gasteiger partial charge in [-0.1, -0.05) is 134 Å². The van der Waals surface area contributed by atoms with Gasteiger partial charge >= 0.3 is 0 Å². The molecule has 0 heterocycles. The molecule has 0 radical (unpaired) electrons. The molecule has 0 saturated carbocycles. The Morgan fingerprint density at radius 1 is 0.564 bits per heavy atom. The van der Waals surface area contributed by atoms with E-state index in [0.717, 1.165) is 63.9 Å². The maximum absolute atomic E-state index is 11.8. The van der Waals surface area contributed by atoms with Gasteiger partial charge < -0.3 is 10.2 Å². The summed E-state index contributed by atoms with van der Waals surface area (Å²) < 4.78 is 0. The van der Waals surface area contributed by atoms with Gasteiger partial charge in [0.2, 0.25) is 0 Å². The highest BCUT2D eigenvalue weighted by Gasteiger charge is 2.41. The summed E-state index contributed by atoms with van der Waals surface area (Å²) in [6.07, 6.45) is 2.09. The summed E-state index contributed by atoms with van der Waals surface area (Å²) in [4.78, 5) is 2.19. The number of unbranched alkanes of at least 4 members (excludes halogenated alkanes) is 1. The van der Waals surface area contributed by atoms with E-state index in [0.29, 0.717) is 13.1 Å². The lowest BCUT2D eigenvalue weighted by Gasteiger charge is -2.21. The Bertz CT molecular complexity index is 1450. The molecule has 0 fully saturated rings. The molecule has 3 nitrogen and oxygen atoms in total. The average molecular weight is 510 g/mol. The molecule has 2 aliphatic carbocycles. The number of rotatable bonds is 5. The zero-order valence-electron chi connectivity index (χ0n) is 22.1.